The molecule has 0 saturated carbocycles. The fraction of sp³-hybridized carbons (Fsp3) is 0.300. The normalized spacial score (nSPS) is 18.3. The van der Waals surface area contributed by atoms with Crippen LogP contribution in [-0.2, 0) is 4.74 Å². The predicted octanol–water partition coefficient (Wildman–Crippen LogP) is 4.48. The van der Waals surface area contributed by atoms with Crippen molar-refractivity contribution in [1.82, 2.24) is 15.1 Å². The molecule has 188 valence electrons. The molecule has 7 heteroatoms. The van der Waals surface area contributed by atoms with E-state index in [1.807, 2.05) is 35.2 Å². The smallest absolute Gasteiger partial charge is 0.253 e. The number of hydrogen-bond acceptors (Lipinski definition) is 6. The second kappa shape index (κ2) is 10.2. The van der Waals surface area contributed by atoms with Gasteiger partial charge in [0, 0.05) is 66.4 Å². The quantitative estimate of drug-likeness (QED) is 0.418. The number of ether oxygens (including phenoxy) is 1. The molecule has 0 bridgehead atoms. The number of anilines is 2. The van der Waals surface area contributed by atoms with E-state index in [1.54, 1.807) is 0 Å². The summed E-state index contributed by atoms with van der Waals surface area (Å²) in [4.78, 5) is 19.6. The van der Waals surface area contributed by atoms with Crippen LogP contribution >= 0.6 is 0 Å². The Morgan fingerprint density at radius 3 is 2.24 bits per heavy atom. The van der Waals surface area contributed by atoms with Gasteiger partial charge in [-0.25, -0.2) is 0 Å². The second-order valence-corrected chi connectivity index (χ2v) is 9.72. The van der Waals surface area contributed by atoms with Gasteiger partial charge in [0.15, 0.2) is 5.82 Å². The van der Waals surface area contributed by atoms with Crippen LogP contribution < -0.4 is 9.80 Å². The molecule has 0 radical (unpaired) electrons. The summed E-state index contributed by atoms with van der Waals surface area (Å²) >= 11 is 0. The zero-order chi connectivity index (χ0) is 25.2. The number of piperazine rings is 1. The Balaban J connectivity index is 1.26. The van der Waals surface area contributed by atoms with Gasteiger partial charge in [0.25, 0.3) is 5.91 Å². The van der Waals surface area contributed by atoms with E-state index in [1.165, 1.54) is 5.69 Å². The molecule has 2 fully saturated rings. The minimum Gasteiger partial charge on any atom is -0.378 e. The zero-order valence-corrected chi connectivity index (χ0v) is 21.1. The lowest BCUT2D eigenvalue weighted by atomic mass is 10.0. The van der Waals surface area contributed by atoms with Gasteiger partial charge in [-0.1, -0.05) is 54.6 Å². The largest absolute Gasteiger partial charge is 0.378 e. The first-order chi connectivity index (χ1) is 18.2. The van der Waals surface area contributed by atoms with Crippen molar-refractivity contribution >= 4 is 28.2 Å². The minimum absolute atomic E-state index is 0.0823. The molecule has 1 unspecified atom stereocenters. The van der Waals surface area contributed by atoms with Crippen LogP contribution in [0.3, 0.4) is 0 Å². The Morgan fingerprint density at radius 1 is 0.811 bits per heavy atom. The van der Waals surface area contributed by atoms with Gasteiger partial charge < -0.3 is 19.4 Å². The zero-order valence-electron chi connectivity index (χ0n) is 21.1. The van der Waals surface area contributed by atoms with E-state index in [0.717, 1.165) is 59.7 Å². The second-order valence-electron chi connectivity index (χ2n) is 9.72. The fourth-order valence-electron chi connectivity index (χ4n) is 5.39. The van der Waals surface area contributed by atoms with E-state index >= 15 is 0 Å². The molecule has 6 rings (SSSR count). The number of aromatic nitrogens is 2. The Labute approximate surface area is 217 Å². The van der Waals surface area contributed by atoms with E-state index in [4.69, 9.17) is 14.9 Å². The summed E-state index contributed by atoms with van der Waals surface area (Å²) in [5, 5.41) is 11.6. The van der Waals surface area contributed by atoms with Crippen molar-refractivity contribution in [3.8, 4) is 11.3 Å². The minimum atomic E-state index is 0.0823. The molecule has 1 atom stereocenters. The maximum Gasteiger partial charge on any atom is 0.253 e. The number of morpholine rings is 1. The fourth-order valence-corrected chi connectivity index (χ4v) is 5.39. The number of nitrogens with zero attached hydrogens (tertiary/aromatic N) is 5. The summed E-state index contributed by atoms with van der Waals surface area (Å²) in [6.45, 7) is 7.54. The number of carbonyl (C=O) groups excluding carboxylic acids is 1. The van der Waals surface area contributed by atoms with Crippen molar-refractivity contribution in [1.29, 1.82) is 0 Å². The molecule has 7 nitrogen and oxygen atoms in total. The first-order valence-electron chi connectivity index (χ1n) is 13.0. The molecule has 0 aliphatic carbocycles. The van der Waals surface area contributed by atoms with Crippen LogP contribution in [0.15, 0.2) is 78.9 Å². The van der Waals surface area contributed by atoms with Crippen LogP contribution in [-0.4, -0.2) is 73.0 Å². The average molecular weight is 494 g/mol. The van der Waals surface area contributed by atoms with Gasteiger partial charge >= 0.3 is 0 Å². The Kier molecular flexibility index (Phi) is 6.45. The van der Waals surface area contributed by atoms with Crippen molar-refractivity contribution in [3.63, 3.8) is 0 Å². The maximum atomic E-state index is 13.0. The molecule has 0 spiro atoms. The number of amides is 1. The molecular formula is C30H31N5O2. The van der Waals surface area contributed by atoms with E-state index in [-0.39, 0.29) is 11.9 Å². The van der Waals surface area contributed by atoms with Gasteiger partial charge in [-0.2, -0.15) is 0 Å². The van der Waals surface area contributed by atoms with Gasteiger partial charge in [0.1, 0.15) is 5.69 Å². The highest BCUT2D eigenvalue weighted by atomic mass is 16.5. The third-order valence-corrected chi connectivity index (χ3v) is 7.39. The molecule has 2 saturated heterocycles. The summed E-state index contributed by atoms with van der Waals surface area (Å²) < 4.78 is 5.49. The van der Waals surface area contributed by atoms with Crippen LogP contribution in [0, 0.1) is 0 Å². The number of carbonyl (C=O) groups is 1. The molecule has 3 aromatic carbocycles. The predicted molar refractivity (Wildman–Crippen MR) is 147 cm³/mol. The van der Waals surface area contributed by atoms with E-state index in [2.05, 4.69) is 65.3 Å². The maximum absolute atomic E-state index is 13.0. The van der Waals surface area contributed by atoms with E-state index in [0.29, 0.717) is 19.6 Å². The summed E-state index contributed by atoms with van der Waals surface area (Å²) in [6, 6.07) is 26.6. The number of fused-ring (bicyclic) bond motifs is 1. The summed E-state index contributed by atoms with van der Waals surface area (Å²) in [6.07, 6.45) is 0. The summed E-state index contributed by atoms with van der Waals surface area (Å²) in [7, 11) is 0. The van der Waals surface area contributed by atoms with Crippen LogP contribution in [0.4, 0.5) is 11.5 Å². The standard InChI is InChI=1S/C30H31N5O2/c1-22-21-34(30(36)24-7-3-2-4-8-24)15-16-35(22)29-27-10-6-5-9-26(27)28(31-32-29)23-11-13-25(14-12-23)33-17-19-37-20-18-33/h2-14,22H,15-21H2,1H3. The van der Waals surface area contributed by atoms with Gasteiger partial charge in [0.2, 0.25) is 0 Å². The SMILES string of the molecule is CC1CN(C(=O)c2ccccc2)CCN1c1nnc(-c2ccc(N3CCOCC3)cc2)c2ccccc12. The molecule has 4 aromatic rings. The Hall–Kier alpha value is -3.97. The molecule has 0 N–H and O–H groups in total. The molecule has 1 amide bonds. The van der Waals surface area contributed by atoms with Gasteiger partial charge in [0.05, 0.1) is 13.2 Å². The third kappa shape index (κ3) is 4.62. The highest BCUT2D eigenvalue weighted by Crippen LogP contribution is 2.33. The van der Waals surface area contributed by atoms with Gasteiger partial charge in [-0.15, -0.1) is 10.2 Å². The highest BCUT2D eigenvalue weighted by molar-refractivity contribution is 6.00. The monoisotopic (exact) mass is 493 g/mol. The lowest BCUT2D eigenvalue weighted by molar-refractivity contribution is 0.0726. The van der Waals surface area contributed by atoms with Crippen LogP contribution in [0.1, 0.15) is 17.3 Å². The van der Waals surface area contributed by atoms with Crippen LogP contribution in [0.25, 0.3) is 22.0 Å². The highest BCUT2D eigenvalue weighted by Gasteiger charge is 2.29. The van der Waals surface area contributed by atoms with Gasteiger partial charge in [-0.05, 0) is 31.2 Å². The number of rotatable bonds is 4. The Bertz CT molecular complexity index is 1390. The van der Waals surface area contributed by atoms with Crippen molar-refractivity contribution in [2.75, 3.05) is 55.7 Å². The van der Waals surface area contributed by atoms with Crippen molar-refractivity contribution in [2.24, 2.45) is 0 Å². The van der Waals surface area contributed by atoms with Crippen LogP contribution in [0.5, 0.6) is 0 Å². The van der Waals surface area contributed by atoms with E-state index in [9.17, 15) is 4.79 Å². The lowest BCUT2D eigenvalue weighted by Crippen LogP contribution is -2.54. The number of benzene rings is 3. The molecule has 1 aromatic heterocycles. The molecule has 2 aliphatic rings. The average Bonchev–Trinajstić information content (AvgIpc) is 2.97. The first-order valence-corrected chi connectivity index (χ1v) is 13.0. The lowest BCUT2D eigenvalue weighted by Gasteiger charge is -2.40. The van der Waals surface area contributed by atoms with Gasteiger partial charge in [-0.3, -0.25) is 4.79 Å². The van der Waals surface area contributed by atoms with Crippen LogP contribution in [0.2, 0.25) is 0 Å². The van der Waals surface area contributed by atoms with E-state index < -0.39 is 0 Å². The Morgan fingerprint density at radius 2 is 1.51 bits per heavy atom. The van der Waals surface area contributed by atoms with Crippen molar-refractivity contribution in [2.45, 2.75) is 13.0 Å². The summed E-state index contributed by atoms with van der Waals surface area (Å²) in [5.74, 6) is 0.961. The molecule has 37 heavy (non-hydrogen) atoms. The molecule has 2 aliphatic heterocycles. The van der Waals surface area contributed by atoms with Crippen molar-refractivity contribution in [3.05, 3.63) is 84.4 Å². The third-order valence-electron chi connectivity index (χ3n) is 7.39. The van der Waals surface area contributed by atoms with Crippen molar-refractivity contribution < 1.29 is 9.53 Å². The first kappa shape index (κ1) is 23.4. The molecule has 3 heterocycles. The topological polar surface area (TPSA) is 61.8 Å². The number of hydrogen-bond donors (Lipinski definition) is 0. The molecular weight excluding hydrogens is 462 g/mol. The summed E-state index contributed by atoms with van der Waals surface area (Å²) in [5.41, 5.74) is 3.88.